The van der Waals surface area contributed by atoms with E-state index in [2.05, 4.69) is 0 Å². The number of ether oxygens (including phenoxy) is 1. The van der Waals surface area contributed by atoms with Gasteiger partial charge in [0.15, 0.2) is 5.43 Å². The van der Waals surface area contributed by atoms with Gasteiger partial charge >= 0.3 is 6.18 Å². The first kappa shape index (κ1) is 18.7. The molecule has 0 radical (unpaired) electrons. The molecule has 0 saturated carbocycles. The van der Waals surface area contributed by atoms with Crippen LogP contribution in [0.4, 0.5) is 13.2 Å². The van der Waals surface area contributed by atoms with E-state index in [4.69, 9.17) is 14.3 Å². The number of aryl methyl sites for hydroxylation is 1. The number of benzene rings is 2. The predicted octanol–water partition coefficient (Wildman–Crippen LogP) is 4.92. The van der Waals surface area contributed by atoms with Crippen LogP contribution in [-0.4, -0.2) is 5.11 Å². The first-order valence-electron chi connectivity index (χ1n) is 7.98. The highest BCUT2D eigenvalue weighted by molar-refractivity contribution is 5.65. The lowest BCUT2D eigenvalue weighted by Gasteiger charge is -2.11. The molecule has 140 valence electrons. The maximum Gasteiger partial charge on any atom is 0.416 e. The number of halogens is 3. The molecule has 0 atom stereocenters. The molecule has 1 aromatic heterocycles. The van der Waals surface area contributed by atoms with Gasteiger partial charge < -0.3 is 14.3 Å². The van der Waals surface area contributed by atoms with E-state index >= 15 is 0 Å². The van der Waals surface area contributed by atoms with E-state index in [1.165, 1.54) is 18.2 Å². The van der Waals surface area contributed by atoms with Crippen molar-refractivity contribution in [1.29, 1.82) is 0 Å². The highest BCUT2D eigenvalue weighted by Gasteiger charge is 2.30. The number of hydrogen-bond donors (Lipinski definition) is 1. The van der Waals surface area contributed by atoms with Crippen molar-refractivity contribution in [2.75, 3.05) is 0 Å². The van der Waals surface area contributed by atoms with Crippen LogP contribution >= 0.6 is 0 Å². The Labute approximate surface area is 152 Å². The molecule has 0 saturated heterocycles. The number of aliphatic hydroxyl groups is 1. The minimum atomic E-state index is -4.45. The quantitative estimate of drug-likeness (QED) is 0.702. The molecule has 1 N–H and O–H groups in total. The van der Waals surface area contributed by atoms with Gasteiger partial charge in [0.05, 0.1) is 11.1 Å². The summed E-state index contributed by atoms with van der Waals surface area (Å²) in [7, 11) is 0. The summed E-state index contributed by atoms with van der Waals surface area (Å²) in [5, 5.41) is 9.07. The lowest BCUT2D eigenvalue weighted by atomic mass is 10.0. The van der Waals surface area contributed by atoms with Gasteiger partial charge in [-0.2, -0.15) is 13.2 Å². The van der Waals surface area contributed by atoms with Crippen molar-refractivity contribution in [2.45, 2.75) is 19.7 Å². The van der Waals surface area contributed by atoms with Crippen molar-refractivity contribution in [3.63, 3.8) is 0 Å². The average Bonchev–Trinajstić information content (AvgIpc) is 2.62. The van der Waals surface area contributed by atoms with Crippen molar-refractivity contribution in [2.24, 2.45) is 0 Å². The Balaban J connectivity index is 1.86. The number of rotatable bonds is 4. The smallest absolute Gasteiger partial charge is 0.416 e. The Hall–Kier alpha value is -3.06. The Morgan fingerprint density at radius 3 is 2.33 bits per heavy atom. The third kappa shape index (κ3) is 4.20. The first-order chi connectivity index (χ1) is 12.8. The zero-order valence-electron chi connectivity index (χ0n) is 14.2. The summed E-state index contributed by atoms with van der Waals surface area (Å²) in [5.41, 5.74) is -0.178. The molecular formula is C20H15F3O4. The molecule has 0 bridgehead atoms. The second-order valence-electron chi connectivity index (χ2n) is 5.82. The Bertz CT molecular complexity index is 1000. The summed E-state index contributed by atoms with van der Waals surface area (Å²) >= 11 is 0. The molecule has 0 unspecified atom stereocenters. The first-order valence-corrected chi connectivity index (χ1v) is 7.98. The van der Waals surface area contributed by atoms with Gasteiger partial charge in [-0.25, -0.2) is 0 Å². The van der Waals surface area contributed by atoms with Gasteiger partial charge in [0.25, 0.3) is 0 Å². The third-order valence-corrected chi connectivity index (χ3v) is 3.87. The van der Waals surface area contributed by atoms with Crippen LogP contribution in [0.2, 0.25) is 0 Å². The second-order valence-corrected chi connectivity index (χ2v) is 5.82. The molecule has 0 amide bonds. The molecule has 3 rings (SSSR count). The summed E-state index contributed by atoms with van der Waals surface area (Å²) in [6.45, 7) is 1.24. The van der Waals surface area contributed by atoms with Crippen LogP contribution in [0.3, 0.4) is 0 Å². The molecule has 0 aliphatic heterocycles. The van der Waals surface area contributed by atoms with Gasteiger partial charge in [-0.3, -0.25) is 4.79 Å². The average molecular weight is 376 g/mol. The summed E-state index contributed by atoms with van der Waals surface area (Å²) in [5.74, 6) is 0.913. The fourth-order valence-corrected chi connectivity index (χ4v) is 2.65. The predicted molar refractivity (Wildman–Crippen MR) is 92.6 cm³/mol. The number of alkyl halides is 3. The second kappa shape index (κ2) is 7.28. The van der Waals surface area contributed by atoms with E-state index in [-0.39, 0.29) is 23.5 Å². The van der Waals surface area contributed by atoms with Gasteiger partial charge in [-0.1, -0.05) is 18.2 Å². The Morgan fingerprint density at radius 1 is 1.04 bits per heavy atom. The van der Waals surface area contributed by atoms with Gasteiger partial charge in [0.2, 0.25) is 0 Å². The molecule has 0 aliphatic rings. The van der Waals surface area contributed by atoms with Gasteiger partial charge in [0, 0.05) is 6.07 Å². The van der Waals surface area contributed by atoms with E-state index in [0.717, 1.165) is 12.1 Å². The normalized spacial score (nSPS) is 11.4. The molecule has 4 nitrogen and oxygen atoms in total. The highest BCUT2D eigenvalue weighted by atomic mass is 19.4. The zero-order chi connectivity index (χ0) is 19.6. The SMILES string of the molecule is Cc1oc(CO)cc(=O)c1-c1ccc(Oc2cccc(C(F)(F)F)c2)cc1. The molecule has 2 aromatic carbocycles. The van der Waals surface area contributed by atoms with Gasteiger partial charge in [-0.05, 0) is 42.8 Å². The lowest BCUT2D eigenvalue weighted by Crippen LogP contribution is -2.07. The van der Waals surface area contributed by atoms with Gasteiger partial charge in [0.1, 0.15) is 29.6 Å². The summed E-state index contributed by atoms with van der Waals surface area (Å²) in [6, 6.07) is 12.1. The maximum absolute atomic E-state index is 12.8. The maximum atomic E-state index is 12.8. The summed E-state index contributed by atoms with van der Waals surface area (Å²) in [6.07, 6.45) is -4.45. The number of aliphatic hydroxyl groups excluding tert-OH is 1. The molecule has 1 heterocycles. The van der Waals surface area contributed by atoms with Crippen LogP contribution in [-0.2, 0) is 12.8 Å². The topological polar surface area (TPSA) is 59.7 Å². The minimum Gasteiger partial charge on any atom is -0.463 e. The molecular weight excluding hydrogens is 361 g/mol. The van der Waals surface area contributed by atoms with Crippen LogP contribution in [0.15, 0.2) is 63.8 Å². The molecule has 0 spiro atoms. The van der Waals surface area contributed by atoms with E-state index in [1.807, 2.05) is 0 Å². The van der Waals surface area contributed by atoms with E-state index in [1.54, 1.807) is 31.2 Å². The summed E-state index contributed by atoms with van der Waals surface area (Å²) < 4.78 is 49.1. The van der Waals surface area contributed by atoms with E-state index in [9.17, 15) is 18.0 Å². The Kier molecular flexibility index (Phi) is 5.05. The van der Waals surface area contributed by atoms with Crippen molar-refractivity contribution >= 4 is 0 Å². The van der Waals surface area contributed by atoms with Gasteiger partial charge in [-0.15, -0.1) is 0 Å². The lowest BCUT2D eigenvalue weighted by molar-refractivity contribution is -0.137. The molecule has 27 heavy (non-hydrogen) atoms. The molecule has 3 aromatic rings. The zero-order valence-corrected chi connectivity index (χ0v) is 14.2. The van der Waals surface area contributed by atoms with Crippen molar-refractivity contribution < 1.29 is 27.4 Å². The number of hydrogen-bond acceptors (Lipinski definition) is 4. The van der Waals surface area contributed by atoms with Crippen LogP contribution in [0.25, 0.3) is 11.1 Å². The molecule has 7 heteroatoms. The molecule has 0 fully saturated rings. The minimum absolute atomic E-state index is 0.0561. The van der Waals surface area contributed by atoms with Crippen LogP contribution in [0, 0.1) is 6.92 Å². The molecule has 0 aliphatic carbocycles. The van der Waals surface area contributed by atoms with Crippen LogP contribution in [0.1, 0.15) is 17.1 Å². The fraction of sp³-hybridized carbons (Fsp3) is 0.150. The van der Waals surface area contributed by atoms with E-state index < -0.39 is 11.7 Å². The standard InChI is InChI=1S/C20H15F3O4/c1-12-19(18(25)10-17(11-24)26-12)13-5-7-15(8-6-13)27-16-4-2-3-14(9-16)20(21,22)23/h2-10,24H,11H2,1H3. The van der Waals surface area contributed by atoms with Crippen molar-refractivity contribution in [1.82, 2.24) is 0 Å². The van der Waals surface area contributed by atoms with Crippen molar-refractivity contribution in [3.05, 3.63) is 81.9 Å². The summed E-state index contributed by atoms with van der Waals surface area (Å²) in [4.78, 5) is 12.2. The fourth-order valence-electron chi connectivity index (χ4n) is 2.65. The van der Waals surface area contributed by atoms with E-state index in [0.29, 0.717) is 22.6 Å². The Morgan fingerprint density at radius 2 is 1.74 bits per heavy atom. The van der Waals surface area contributed by atoms with Crippen LogP contribution < -0.4 is 10.2 Å². The highest BCUT2D eigenvalue weighted by Crippen LogP contribution is 2.33. The monoisotopic (exact) mass is 376 g/mol. The van der Waals surface area contributed by atoms with Crippen LogP contribution in [0.5, 0.6) is 11.5 Å². The largest absolute Gasteiger partial charge is 0.463 e. The van der Waals surface area contributed by atoms with Crippen molar-refractivity contribution in [3.8, 4) is 22.6 Å². The third-order valence-electron chi connectivity index (χ3n) is 3.87.